The van der Waals surface area contributed by atoms with Crippen LogP contribution in [0.1, 0.15) is 23.6 Å². The van der Waals surface area contributed by atoms with Crippen molar-refractivity contribution in [3.63, 3.8) is 0 Å². The molecule has 1 amide bonds. The summed E-state index contributed by atoms with van der Waals surface area (Å²) in [5.41, 5.74) is 0.967. The molecule has 0 saturated carbocycles. The summed E-state index contributed by atoms with van der Waals surface area (Å²) in [7, 11) is 0. The lowest BCUT2D eigenvalue weighted by atomic mass is 9.95. The van der Waals surface area contributed by atoms with Crippen molar-refractivity contribution < 1.29 is 24.4 Å². The maximum atomic E-state index is 13.2. The minimum Gasteiger partial charge on any atom is -0.503 e. The zero-order valence-corrected chi connectivity index (χ0v) is 19.2. The highest BCUT2D eigenvalue weighted by atomic mass is 16.6. The number of nitrogens with zero attached hydrogens (tertiary/aromatic N) is 3. The summed E-state index contributed by atoms with van der Waals surface area (Å²) < 4.78 is 5.37. The molecule has 0 bridgehead atoms. The van der Waals surface area contributed by atoms with Gasteiger partial charge in [0.1, 0.15) is 0 Å². The Morgan fingerprint density at radius 3 is 2.57 bits per heavy atom. The largest absolute Gasteiger partial charge is 0.503 e. The molecule has 9 nitrogen and oxygen atoms in total. The molecular formula is C26H27N3O6. The van der Waals surface area contributed by atoms with Gasteiger partial charge in [0, 0.05) is 38.3 Å². The highest BCUT2D eigenvalue weighted by Crippen LogP contribution is 2.39. The number of allylic oxidation sites excluding steroid dienone is 1. The number of morpholine rings is 1. The average molecular weight is 478 g/mol. The Labute approximate surface area is 203 Å². The molecule has 2 aromatic carbocycles. The van der Waals surface area contributed by atoms with E-state index in [1.807, 2.05) is 30.3 Å². The van der Waals surface area contributed by atoms with E-state index in [1.165, 1.54) is 29.2 Å². The normalized spacial score (nSPS) is 19.0. The van der Waals surface area contributed by atoms with Gasteiger partial charge < -0.3 is 14.7 Å². The molecule has 2 heterocycles. The lowest BCUT2D eigenvalue weighted by molar-refractivity contribution is -0.384. The van der Waals surface area contributed by atoms with Crippen LogP contribution in [0, 0.1) is 10.1 Å². The number of non-ortho nitro benzene ring substituents is 1. The molecule has 2 aromatic rings. The van der Waals surface area contributed by atoms with Gasteiger partial charge in [0.25, 0.3) is 11.6 Å². The molecule has 182 valence electrons. The Kier molecular flexibility index (Phi) is 7.69. The first-order valence-electron chi connectivity index (χ1n) is 11.5. The Morgan fingerprint density at radius 2 is 1.86 bits per heavy atom. The topological polar surface area (TPSA) is 113 Å². The van der Waals surface area contributed by atoms with Crippen LogP contribution in [-0.2, 0) is 14.3 Å². The van der Waals surface area contributed by atoms with Crippen LogP contribution in [0.15, 0.2) is 72.0 Å². The van der Waals surface area contributed by atoms with Crippen LogP contribution < -0.4 is 0 Å². The van der Waals surface area contributed by atoms with Crippen molar-refractivity contribution in [3.8, 4) is 0 Å². The summed E-state index contributed by atoms with van der Waals surface area (Å²) in [6.07, 6.45) is 3.54. The quantitative estimate of drug-likeness (QED) is 0.335. The van der Waals surface area contributed by atoms with Crippen LogP contribution >= 0.6 is 0 Å². The van der Waals surface area contributed by atoms with Crippen molar-refractivity contribution in [1.82, 2.24) is 9.80 Å². The minimum absolute atomic E-state index is 0.0750. The minimum atomic E-state index is -0.917. The second-order valence-electron chi connectivity index (χ2n) is 8.43. The van der Waals surface area contributed by atoms with Crippen molar-refractivity contribution >= 4 is 23.5 Å². The standard InChI is InChI=1S/C26H27N3O6/c30-22(11-10-19-6-2-1-3-7-19)23-24(20-8-4-9-21(18-20)29(33)34)28(26(32)25(23)31)13-5-12-27-14-16-35-17-15-27/h1-4,6-11,18,24,31H,5,12-17H2. The zero-order valence-electron chi connectivity index (χ0n) is 19.2. The van der Waals surface area contributed by atoms with Crippen molar-refractivity contribution in [2.75, 3.05) is 39.4 Å². The number of carbonyl (C=O) groups is 2. The first-order valence-corrected chi connectivity index (χ1v) is 11.5. The third-order valence-electron chi connectivity index (χ3n) is 6.17. The number of hydrogen-bond donors (Lipinski definition) is 1. The molecule has 2 aliphatic rings. The van der Waals surface area contributed by atoms with Crippen LogP contribution in [0.2, 0.25) is 0 Å². The highest BCUT2D eigenvalue weighted by molar-refractivity contribution is 6.14. The molecule has 1 saturated heterocycles. The summed E-state index contributed by atoms with van der Waals surface area (Å²) in [6.45, 7) is 3.94. The van der Waals surface area contributed by atoms with Crippen LogP contribution in [0.3, 0.4) is 0 Å². The van der Waals surface area contributed by atoms with Gasteiger partial charge in [-0.25, -0.2) is 0 Å². The Hall–Kier alpha value is -3.82. The molecule has 2 aliphatic heterocycles. The van der Waals surface area contributed by atoms with E-state index in [1.54, 1.807) is 12.1 Å². The van der Waals surface area contributed by atoms with E-state index in [9.17, 15) is 24.8 Å². The number of ketones is 1. The summed E-state index contributed by atoms with van der Waals surface area (Å²) in [6, 6.07) is 14.1. The molecule has 1 atom stereocenters. The summed E-state index contributed by atoms with van der Waals surface area (Å²) >= 11 is 0. The van der Waals surface area contributed by atoms with Gasteiger partial charge in [0.2, 0.25) is 0 Å². The Morgan fingerprint density at radius 1 is 1.11 bits per heavy atom. The van der Waals surface area contributed by atoms with Gasteiger partial charge in [-0.2, -0.15) is 0 Å². The number of hydrogen-bond acceptors (Lipinski definition) is 7. The van der Waals surface area contributed by atoms with Gasteiger partial charge in [-0.05, 0) is 23.6 Å². The fourth-order valence-electron chi connectivity index (χ4n) is 4.41. The molecule has 0 spiro atoms. The molecule has 1 N–H and O–H groups in total. The van der Waals surface area contributed by atoms with E-state index >= 15 is 0 Å². The Balaban J connectivity index is 1.61. The predicted octanol–water partition coefficient (Wildman–Crippen LogP) is 3.30. The Bertz CT molecular complexity index is 1150. The number of aliphatic hydroxyl groups is 1. The maximum absolute atomic E-state index is 13.2. The van der Waals surface area contributed by atoms with Crippen LogP contribution in [-0.4, -0.2) is 70.9 Å². The molecule has 0 aliphatic carbocycles. The zero-order chi connectivity index (χ0) is 24.8. The van der Waals surface area contributed by atoms with Gasteiger partial charge in [0.15, 0.2) is 11.5 Å². The van der Waals surface area contributed by atoms with Gasteiger partial charge in [-0.15, -0.1) is 0 Å². The average Bonchev–Trinajstić information content (AvgIpc) is 3.14. The molecule has 35 heavy (non-hydrogen) atoms. The van der Waals surface area contributed by atoms with Crippen molar-refractivity contribution in [1.29, 1.82) is 0 Å². The SMILES string of the molecule is O=C(C=Cc1ccccc1)C1=C(O)C(=O)N(CCCN2CCOCC2)C1c1cccc([N+](=O)[O-])c1. The van der Waals surface area contributed by atoms with Crippen LogP contribution in [0.5, 0.6) is 0 Å². The molecule has 4 rings (SSSR count). The van der Waals surface area contributed by atoms with E-state index in [2.05, 4.69) is 4.90 Å². The third kappa shape index (κ3) is 5.64. The van der Waals surface area contributed by atoms with E-state index in [0.717, 1.165) is 25.2 Å². The lowest BCUT2D eigenvalue weighted by Crippen LogP contribution is -2.39. The van der Waals surface area contributed by atoms with Crippen molar-refractivity contribution in [3.05, 3.63) is 93.2 Å². The van der Waals surface area contributed by atoms with Gasteiger partial charge in [-0.1, -0.05) is 48.5 Å². The number of aliphatic hydroxyl groups excluding tert-OH is 1. The van der Waals surface area contributed by atoms with Gasteiger partial charge >= 0.3 is 0 Å². The second kappa shape index (κ2) is 11.1. The lowest BCUT2D eigenvalue weighted by Gasteiger charge is -2.29. The predicted molar refractivity (Wildman–Crippen MR) is 130 cm³/mol. The van der Waals surface area contributed by atoms with E-state index in [0.29, 0.717) is 25.2 Å². The second-order valence-corrected chi connectivity index (χ2v) is 8.43. The van der Waals surface area contributed by atoms with E-state index in [4.69, 9.17) is 4.74 Å². The molecule has 0 radical (unpaired) electrons. The number of benzene rings is 2. The first kappa shape index (κ1) is 24.3. The molecular weight excluding hydrogens is 450 g/mol. The number of ether oxygens (including phenoxy) is 1. The summed E-state index contributed by atoms with van der Waals surface area (Å²) in [4.78, 5) is 40.8. The van der Waals surface area contributed by atoms with Crippen LogP contribution in [0.25, 0.3) is 6.08 Å². The molecule has 9 heteroatoms. The number of nitro benzene ring substituents is 1. The van der Waals surface area contributed by atoms with Gasteiger partial charge in [-0.3, -0.25) is 24.6 Å². The van der Waals surface area contributed by atoms with Crippen LogP contribution in [0.4, 0.5) is 5.69 Å². The summed E-state index contributed by atoms with van der Waals surface area (Å²) in [5, 5.41) is 22.1. The molecule has 1 fully saturated rings. The number of nitro groups is 1. The smallest absolute Gasteiger partial charge is 0.290 e. The fraction of sp³-hybridized carbons (Fsp3) is 0.308. The third-order valence-corrected chi connectivity index (χ3v) is 6.17. The highest BCUT2D eigenvalue weighted by Gasteiger charge is 2.43. The maximum Gasteiger partial charge on any atom is 0.290 e. The summed E-state index contributed by atoms with van der Waals surface area (Å²) in [5.74, 6) is -1.79. The first-order chi connectivity index (χ1) is 17.0. The molecule has 0 aromatic heterocycles. The van der Waals surface area contributed by atoms with E-state index in [-0.39, 0.29) is 17.8 Å². The number of amides is 1. The van der Waals surface area contributed by atoms with Gasteiger partial charge in [0.05, 0.1) is 29.8 Å². The van der Waals surface area contributed by atoms with E-state index < -0.39 is 28.4 Å². The number of rotatable bonds is 9. The van der Waals surface area contributed by atoms with Crippen molar-refractivity contribution in [2.45, 2.75) is 12.5 Å². The molecule has 1 unspecified atom stereocenters. The van der Waals surface area contributed by atoms with Crippen molar-refractivity contribution in [2.24, 2.45) is 0 Å². The monoisotopic (exact) mass is 477 g/mol. The fourth-order valence-corrected chi connectivity index (χ4v) is 4.41. The number of carbonyl (C=O) groups excluding carboxylic acids is 2.